The van der Waals surface area contributed by atoms with Crippen molar-refractivity contribution >= 4 is 23.5 Å². The first-order chi connectivity index (χ1) is 9.79. The molecule has 0 aromatic carbocycles. The van der Waals surface area contributed by atoms with E-state index in [1.165, 1.54) is 11.8 Å². The number of aromatic carboxylic acids is 1. The zero-order valence-corrected chi connectivity index (χ0v) is 13.2. The molecule has 2 fully saturated rings. The number of Topliss-reactive ketones (excluding diaryl/α,β-unsaturated/α-hetero) is 1. The molecule has 1 heterocycles. The van der Waals surface area contributed by atoms with Gasteiger partial charge in [-0.3, -0.25) is 4.79 Å². The molecule has 2 bridgehead atoms. The van der Waals surface area contributed by atoms with E-state index in [2.05, 4.69) is 25.8 Å². The minimum atomic E-state index is -0.995. The summed E-state index contributed by atoms with van der Waals surface area (Å²) in [6.07, 6.45) is 3.55. The second-order valence-electron chi connectivity index (χ2n) is 6.79. The van der Waals surface area contributed by atoms with E-state index in [1.54, 1.807) is 18.3 Å². The van der Waals surface area contributed by atoms with Gasteiger partial charge in [-0.1, -0.05) is 32.5 Å². The lowest BCUT2D eigenvalue weighted by atomic mass is 9.71. The van der Waals surface area contributed by atoms with Gasteiger partial charge in [-0.25, -0.2) is 9.78 Å². The van der Waals surface area contributed by atoms with Gasteiger partial charge in [0.05, 0.1) is 10.8 Å². The summed E-state index contributed by atoms with van der Waals surface area (Å²) in [6.45, 7) is 6.50. The second-order valence-corrected chi connectivity index (χ2v) is 7.89. The Kier molecular flexibility index (Phi) is 3.17. The van der Waals surface area contributed by atoms with Crippen molar-refractivity contribution in [1.82, 2.24) is 4.98 Å². The highest BCUT2D eigenvalue weighted by molar-refractivity contribution is 8.00. The van der Waals surface area contributed by atoms with Crippen LogP contribution in [0.5, 0.6) is 0 Å². The Balaban J connectivity index is 1.97. The van der Waals surface area contributed by atoms with Crippen molar-refractivity contribution in [2.45, 2.75) is 43.9 Å². The lowest BCUT2D eigenvalue weighted by Gasteiger charge is -2.37. The zero-order chi connectivity index (χ0) is 15.4. The minimum absolute atomic E-state index is 0.0279. The highest BCUT2D eigenvalue weighted by Crippen LogP contribution is 2.67. The normalized spacial score (nSPS) is 33.4. The Morgan fingerprint density at radius 1 is 1.43 bits per heavy atom. The fraction of sp³-hybridized carbons (Fsp3) is 0.562. The third kappa shape index (κ3) is 1.86. The van der Waals surface area contributed by atoms with Crippen LogP contribution >= 0.6 is 11.8 Å². The van der Waals surface area contributed by atoms with E-state index < -0.39 is 5.97 Å². The van der Waals surface area contributed by atoms with E-state index in [9.17, 15) is 14.7 Å². The van der Waals surface area contributed by atoms with Gasteiger partial charge < -0.3 is 5.11 Å². The van der Waals surface area contributed by atoms with Crippen LogP contribution in [-0.4, -0.2) is 27.1 Å². The molecule has 3 atom stereocenters. The molecule has 1 N–H and O–H groups in total. The van der Waals surface area contributed by atoms with E-state index in [0.29, 0.717) is 5.03 Å². The first-order valence-corrected chi connectivity index (χ1v) is 8.05. The lowest BCUT2D eigenvalue weighted by molar-refractivity contribution is -0.122. The van der Waals surface area contributed by atoms with Crippen molar-refractivity contribution in [3.63, 3.8) is 0 Å². The number of carbonyl (C=O) groups is 2. The second kappa shape index (κ2) is 4.57. The molecular formula is C16H19NO3S. The molecule has 1 aromatic rings. The molecular weight excluding hydrogens is 286 g/mol. The number of hydrogen-bond acceptors (Lipinski definition) is 4. The molecule has 0 unspecified atom stereocenters. The van der Waals surface area contributed by atoms with Crippen LogP contribution in [0.25, 0.3) is 0 Å². The summed E-state index contributed by atoms with van der Waals surface area (Å²) in [7, 11) is 0. The number of fused-ring (bicyclic) bond motifs is 2. The average Bonchev–Trinajstić information content (AvgIpc) is 2.73. The minimum Gasteiger partial charge on any atom is -0.478 e. The summed E-state index contributed by atoms with van der Waals surface area (Å²) in [5.41, 5.74) is 0.0616. The monoisotopic (exact) mass is 305 g/mol. The maximum atomic E-state index is 12.7. The van der Waals surface area contributed by atoms with Crippen LogP contribution in [0.15, 0.2) is 23.4 Å². The summed E-state index contributed by atoms with van der Waals surface area (Å²) in [5.74, 6) is -0.636. The number of pyridine rings is 1. The van der Waals surface area contributed by atoms with Crippen molar-refractivity contribution in [1.29, 1.82) is 0 Å². The van der Waals surface area contributed by atoms with Crippen LogP contribution in [-0.2, 0) is 4.79 Å². The molecule has 0 saturated heterocycles. The van der Waals surface area contributed by atoms with E-state index >= 15 is 0 Å². The standard InChI is InChI=1S/C16H19NO3S/c1-15(2)10-6-7-16(15,3)12(11(10)18)21-13-9(14(19)20)5-4-8-17-13/h4-5,8,10,12H,6-7H2,1-3H3,(H,19,20)/t10-,12-,16-/m0/s1. The predicted octanol–water partition coefficient (Wildman–Crippen LogP) is 3.27. The van der Waals surface area contributed by atoms with Crippen LogP contribution in [0.3, 0.4) is 0 Å². The molecule has 4 nitrogen and oxygen atoms in total. The number of ketones is 1. The first-order valence-electron chi connectivity index (χ1n) is 7.18. The summed E-state index contributed by atoms with van der Waals surface area (Å²) < 4.78 is 0. The third-order valence-electron chi connectivity index (χ3n) is 5.71. The van der Waals surface area contributed by atoms with Crippen molar-refractivity contribution in [3.8, 4) is 0 Å². The molecule has 2 aliphatic rings. The van der Waals surface area contributed by atoms with Gasteiger partial charge in [0.1, 0.15) is 10.8 Å². The maximum Gasteiger partial charge on any atom is 0.338 e. The fourth-order valence-corrected chi connectivity index (χ4v) is 5.53. The van der Waals surface area contributed by atoms with Gasteiger partial charge in [-0.05, 0) is 35.8 Å². The van der Waals surface area contributed by atoms with Gasteiger partial charge in [0, 0.05) is 12.1 Å². The SMILES string of the molecule is CC1(C)[C@H]2CC[C@@]1(C)[C@@H](Sc1ncccc1C(=O)O)C2=O. The highest BCUT2D eigenvalue weighted by atomic mass is 32.2. The van der Waals surface area contributed by atoms with Crippen LogP contribution in [0.1, 0.15) is 44.0 Å². The summed E-state index contributed by atoms with van der Waals surface area (Å²) in [6, 6.07) is 3.16. The molecule has 2 aliphatic carbocycles. The number of carboxylic acids is 1. The molecule has 0 radical (unpaired) electrons. The van der Waals surface area contributed by atoms with Gasteiger partial charge in [0.15, 0.2) is 0 Å². The largest absolute Gasteiger partial charge is 0.478 e. The van der Waals surface area contributed by atoms with Gasteiger partial charge in [0.25, 0.3) is 0 Å². The van der Waals surface area contributed by atoms with Crippen LogP contribution in [0.4, 0.5) is 0 Å². The smallest absolute Gasteiger partial charge is 0.338 e. The Morgan fingerprint density at radius 3 is 2.71 bits per heavy atom. The molecule has 2 saturated carbocycles. The molecule has 0 spiro atoms. The topological polar surface area (TPSA) is 67.3 Å². The summed E-state index contributed by atoms with van der Waals surface area (Å²) in [5, 5.41) is 9.52. The number of aromatic nitrogens is 1. The van der Waals surface area contributed by atoms with Crippen LogP contribution in [0.2, 0.25) is 0 Å². The maximum absolute atomic E-state index is 12.7. The molecule has 0 amide bonds. The first kappa shape index (κ1) is 14.6. The molecule has 112 valence electrons. The molecule has 5 heteroatoms. The fourth-order valence-electron chi connectivity index (χ4n) is 3.94. The Bertz CT molecular complexity index is 628. The molecule has 3 rings (SSSR count). The predicted molar refractivity (Wildman–Crippen MR) is 80.5 cm³/mol. The molecule has 21 heavy (non-hydrogen) atoms. The third-order valence-corrected chi connectivity index (χ3v) is 7.24. The Hall–Kier alpha value is -1.36. The summed E-state index contributed by atoms with van der Waals surface area (Å²) in [4.78, 5) is 28.2. The Labute approximate surface area is 128 Å². The van der Waals surface area contributed by atoms with Gasteiger partial charge >= 0.3 is 5.97 Å². The number of nitrogens with zero attached hydrogens (tertiary/aromatic N) is 1. The number of carboxylic acid groups (broad SMARTS) is 1. The quantitative estimate of drug-likeness (QED) is 0.928. The average molecular weight is 305 g/mol. The van der Waals surface area contributed by atoms with Crippen molar-refractivity contribution in [2.75, 3.05) is 0 Å². The van der Waals surface area contributed by atoms with Crippen molar-refractivity contribution < 1.29 is 14.7 Å². The van der Waals surface area contributed by atoms with Gasteiger partial charge in [0.2, 0.25) is 0 Å². The van der Waals surface area contributed by atoms with Crippen LogP contribution < -0.4 is 0 Å². The number of carbonyl (C=O) groups excluding carboxylic acids is 1. The van der Waals surface area contributed by atoms with Gasteiger partial charge in [-0.15, -0.1) is 0 Å². The molecule has 0 aliphatic heterocycles. The summed E-state index contributed by atoms with van der Waals surface area (Å²) >= 11 is 1.34. The lowest BCUT2D eigenvalue weighted by Crippen LogP contribution is -2.35. The van der Waals surface area contributed by atoms with Crippen molar-refractivity contribution in [2.24, 2.45) is 16.7 Å². The zero-order valence-electron chi connectivity index (χ0n) is 12.4. The molecule has 1 aromatic heterocycles. The van der Waals surface area contributed by atoms with E-state index in [1.807, 2.05) is 0 Å². The van der Waals surface area contributed by atoms with E-state index in [0.717, 1.165) is 12.8 Å². The van der Waals surface area contributed by atoms with E-state index in [-0.39, 0.29) is 33.3 Å². The van der Waals surface area contributed by atoms with E-state index in [4.69, 9.17) is 0 Å². The number of thioether (sulfide) groups is 1. The number of hydrogen-bond donors (Lipinski definition) is 1. The van der Waals surface area contributed by atoms with Gasteiger partial charge in [-0.2, -0.15) is 0 Å². The van der Waals surface area contributed by atoms with Crippen molar-refractivity contribution in [3.05, 3.63) is 23.9 Å². The number of rotatable bonds is 3. The Morgan fingerprint density at radius 2 is 2.14 bits per heavy atom. The highest BCUT2D eigenvalue weighted by Gasteiger charge is 2.66. The van der Waals surface area contributed by atoms with Crippen LogP contribution in [0, 0.1) is 16.7 Å².